The smallest absolute Gasteiger partial charge is 0.429 e. The molecule has 1 fully saturated rings. The van der Waals surface area contributed by atoms with Crippen LogP contribution in [0.5, 0.6) is 0 Å². The van der Waals surface area contributed by atoms with E-state index < -0.39 is 17.4 Å². The van der Waals surface area contributed by atoms with Crippen LogP contribution in [0.1, 0.15) is 34.1 Å². The van der Waals surface area contributed by atoms with Crippen LogP contribution in [0.3, 0.4) is 0 Å². The van der Waals surface area contributed by atoms with Gasteiger partial charge in [0.1, 0.15) is 17.3 Å². The van der Waals surface area contributed by atoms with Crippen LogP contribution in [0.4, 0.5) is 4.79 Å². The summed E-state index contributed by atoms with van der Waals surface area (Å²) in [4.78, 5) is 11.6. The van der Waals surface area contributed by atoms with Gasteiger partial charge in [-0.3, -0.25) is 0 Å². The van der Waals surface area contributed by atoms with E-state index in [9.17, 15) is 4.79 Å². The fourth-order valence-corrected chi connectivity index (χ4v) is 2.04. The Hall–Kier alpha value is -1.03. The molecule has 2 aliphatic rings. The van der Waals surface area contributed by atoms with Crippen molar-refractivity contribution >= 4 is 6.16 Å². The van der Waals surface area contributed by atoms with Crippen molar-refractivity contribution in [3.05, 3.63) is 12.2 Å². The van der Waals surface area contributed by atoms with Crippen LogP contribution in [0.15, 0.2) is 12.2 Å². The summed E-state index contributed by atoms with van der Waals surface area (Å²) in [6.45, 7) is 7.32. The van der Waals surface area contributed by atoms with E-state index in [1.165, 1.54) is 0 Å². The van der Waals surface area contributed by atoms with Gasteiger partial charge in [0.2, 0.25) is 0 Å². The van der Waals surface area contributed by atoms with E-state index in [1.54, 1.807) is 0 Å². The number of hydrogen-bond donors (Lipinski definition) is 0. The van der Waals surface area contributed by atoms with Crippen molar-refractivity contribution in [1.29, 1.82) is 0 Å². The van der Waals surface area contributed by atoms with Gasteiger partial charge in [-0.05, 0) is 27.7 Å². The Balaban J connectivity index is 1.95. The van der Waals surface area contributed by atoms with E-state index in [1.807, 2.05) is 39.8 Å². The molecule has 90 valence electrons. The lowest BCUT2D eigenvalue weighted by Gasteiger charge is -2.30. The highest BCUT2D eigenvalue weighted by molar-refractivity contribution is 5.61. The lowest BCUT2D eigenvalue weighted by Crippen LogP contribution is -2.41. The van der Waals surface area contributed by atoms with Crippen LogP contribution in [0.2, 0.25) is 0 Å². The second-order valence-electron chi connectivity index (χ2n) is 5.56. The maximum absolute atomic E-state index is 11.6. The van der Waals surface area contributed by atoms with E-state index in [4.69, 9.17) is 14.2 Å². The van der Waals surface area contributed by atoms with Gasteiger partial charge in [-0.15, -0.1) is 0 Å². The minimum atomic E-state index is -0.625. The molecule has 2 rings (SSSR count). The molecule has 0 radical (unpaired) electrons. The number of rotatable bonds is 1. The Morgan fingerprint density at radius 1 is 1.44 bits per heavy atom. The molecule has 0 spiro atoms. The van der Waals surface area contributed by atoms with Crippen molar-refractivity contribution in [1.82, 2.24) is 0 Å². The van der Waals surface area contributed by atoms with Gasteiger partial charge < -0.3 is 14.2 Å². The van der Waals surface area contributed by atoms with Crippen molar-refractivity contribution in [3.63, 3.8) is 0 Å². The number of carbonyl (C=O) groups is 1. The minimum absolute atomic E-state index is 0.0810. The second-order valence-corrected chi connectivity index (χ2v) is 5.56. The lowest BCUT2D eigenvalue weighted by atomic mass is 9.91. The van der Waals surface area contributed by atoms with Crippen LogP contribution in [-0.2, 0) is 14.2 Å². The molecule has 0 saturated carbocycles. The van der Waals surface area contributed by atoms with Crippen LogP contribution < -0.4 is 0 Å². The van der Waals surface area contributed by atoms with E-state index >= 15 is 0 Å². The first kappa shape index (κ1) is 11.5. The summed E-state index contributed by atoms with van der Waals surface area (Å²) in [5, 5.41) is 0. The number of ether oxygens (including phenoxy) is 3. The predicted molar refractivity (Wildman–Crippen MR) is 58.1 cm³/mol. The Morgan fingerprint density at radius 3 is 2.56 bits per heavy atom. The average Bonchev–Trinajstić information content (AvgIpc) is 2.57. The van der Waals surface area contributed by atoms with Crippen molar-refractivity contribution in [2.45, 2.75) is 57.5 Å². The zero-order valence-electron chi connectivity index (χ0n) is 10.1. The van der Waals surface area contributed by atoms with E-state index in [-0.39, 0.29) is 12.2 Å². The van der Waals surface area contributed by atoms with Crippen molar-refractivity contribution in [2.75, 3.05) is 0 Å². The highest BCUT2D eigenvalue weighted by atomic mass is 16.7. The highest BCUT2D eigenvalue weighted by Gasteiger charge is 2.50. The fourth-order valence-electron chi connectivity index (χ4n) is 2.04. The average molecular weight is 226 g/mol. The summed E-state index contributed by atoms with van der Waals surface area (Å²) in [6, 6.07) is 0. The predicted octanol–water partition coefficient (Wildman–Crippen LogP) is 2.42. The van der Waals surface area contributed by atoms with Gasteiger partial charge >= 0.3 is 6.16 Å². The van der Waals surface area contributed by atoms with Crippen LogP contribution in [0, 0.1) is 0 Å². The second kappa shape index (κ2) is 3.48. The standard InChI is InChI=1S/C12H18O4/c1-11(2,3)15-10(13)16-12(4)7-8-5-6-9(12)14-8/h5-6,8-9H,7H2,1-4H3. The molecule has 4 heteroatoms. The largest absolute Gasteiger partial charge is 0.509 e. The molecule has 0 amide bonds. The van der Waals surface area contributed by atoms with Crippen molar-refractivity contribution < 1.29 is 19.0 Å². The molecule has 16 heavy (non-hydrogen) atoms. The van der Waals surface area contributed by atoms with E-state index in [0.29, 0.717) is 6.42 Å². The Morgan fingerprint density at radius 2 is 2.12 bits per heavy atom. The molecule has 0 N–H and O–H groups in total. The van der Waals surface area contributed by atoms with Gasteiger partial charge in [0.25, 0.3) is 0 Å². The normalized spacial score (nSPS) is 36.5. The Bertz CT molecular complexity index is 328. The molecule has 3 unspecified atom stereocenters. The first-order valence-electron chi connectivity index (χ1n) is 5.54. The van der Waals surface area contributed by atoms with E-state index in [0.717, 1.165) is 0 Å². The molecule has 0 aromatic heterocycles. The zero-order valence-corrected chi connectivity index (χ0v) is 10.1. The molecule has 1 saturated heterocycles. The molecule has 4 nitrogen and oxygen atoms in total. The summed E-state index contributed by atoms with van der Waals surface area (Å²) in [7, 11) is 0. The molecular weight excluding hydrogens is 208 g/mol. The summed E-state index contributed by atoms with van der Waals surface area (Å²) >= 11 is 0. The van der Waals surface area contributed by atoms with Crippen LogP contribution >= 0.6 is 0 Å². The quantitative estimate of drug-likeness (QED) is 0.509. The maximum atomic E-state index is 11.6. The SMILES string of the molecule is CC(C)(C)OC(=O)OC1(C)CC2C=CC1O2. The number of hydrogen-bond acceptors (Lipinski definition) is 4. The number of carbonyl (C=O) groups excluding carboxylic acids is 1. The third kappa shape index (κ3) is 2.21. The van der Waals surface area contributed by atoms with Gasteiger partial charge in [-0.2, -0.15) is 0 Å². The molecule has 2 aliphatic heterocycles. The van der Waals surface area contributed by atoms with Crippen LogP contribution in [0.25, 0.3) is 0 Å². The molecule has 2 bridgehead atoms. The van der Waals surface area contributed by atoms with Gasteiger partial charge in [0, 0.05) is 6.42 Å². The first-order valence-corrected chi connectivity index (χ1v) is 5.54. The van der Waals surface area contributed by atoms with Gasteiger partial charge in [-0.25, -0.2) is 4.79 Å². The molecular formula is C12H18O4. The summed E-state index contributed by atoms with van der Waals surface area (Å²) in [6.07, 6.45) is 3.97. The minimum Gasteiger partial charge on any atom is -0.429 e. The summed E-state index contributed by atoms with van der Waals surface area (Å²) in [5.41, 5.74) is -1.11. The zero-order chi connectivity index (χ0) is 12.0. The molecule has 2 heterocycles. The Kier molecular flexibility index (Phi) is 2.49. The molecule has 0 aliphatic carbocycles. The van der Waals surface area contributed by atoms with Crippen molar-refractivity contribution in [2.24, 2.45) is 0 Å². The molecule has 3 atom stereocenters. The first-order chi connectivity index (χ1) is 7.28. The summed E-state index contributed by atoms with van der Waals surface area (Å²) in [5.74, 6) is 0. The van der Waals surface area contributed by atoms with Gasteiger partial charge in [0.15, 0.2) is 0 Å². The summed E-state index contributed by atoms with van der Waals surface area (Å²) < 4.78 is 16.1. The lowest BCUT2D eigenvalue weighted by molar-refractivity contribution is -0.0742. The highest BCUT2D eigenvalue weighted by Crippen LogP contribution is 2.39. The third-order valence-electron chi connectivity index (χ3n) is 2.74. The topological polar surface area (TPSA) is 44.8 Å². The van der Waals surface area contributed by atoms with Crippen LogP contribution in [-0.4, -0.2) is 29.6 Å². The maximum Gasteiger partial charge on any atom is 0.509 e. The van der Waals surface area contributed by atoms with E-state index in [2.05, 4.69) is 0 Å². The van der Waals surface area contributed by atoms with Crippen molar-refractivity contribution in [3.8, 4) is 0 Å². The third-order valence-corrected chi connectivity index (χ3v) is 2.74. The Labute approximate surface area is 95.6 Å². The monoisotopic (exact) mass is 226 g/mol. The van der Waals surface area contributed by atoms with Gasteiger partial charge in [-0.1, -0.05) is 12.2 Å². The number of fused-ring (bicyclic) bond motifs is 2. The molecule has 0 aromatic rings. The van der Waals surface area contributed by atoms with Gasteiger partial charge in [0.05, 0.1) is 6.10 Å². The fraction of sp³-hybridized carbons (Fsp3) is 0.750. The molecule has 0 aromatic carbocycles.